The van der Waals surface area contributed by atoms with E-state index in [-0.39, 0.29) is 24.1 Å². The molecule has 1 aliphatic carbocycles. The number of carbonyl (C=O) groups is 3. The van der Waals surface area contributed by atoms with Crippen molar-refractivity contribution in [1.29, 1.82) is 0 Å². The second kappa shape index (κ2) is 10.2. The molecule has 1 aromatic carbocycles. The number of carbonyl (C=O) groups excluding carboxylic acids is 3. The van der Waals surface area contributed by atoms with Gasteiger partial charge in [0.05, 0.1) is 11.7 Å². The minimum atomic E-state index is -0.418. The molecule has 2 heterocycles. The number of aryl methyl sites for hydroxylation is 1. The van der Waals surface area contributed by atoms with E-state index < -0.39 is 11.9 Å². The Bertz CT molecular complexity index is 1290. The third-order valence-electron chi connectivity index (χ3n) is 5.73. The maximum atomic E-state index is 13.1. The van der Waals surface area contributed by atoms with Crippen LogP contribution in [0.25, 0.3) is 10.2 Å². The summed E-state index contributed by atoms with van der Waals surface area (Å²) in [5.74, 6) is -1.01. The van der Waals surface area contributed by atoms with Crippen molar-refractivity contribution >= 4 is 50.7 Å². The van der Waals surface area contributed by atoms with E-state index in [9.17, 15) is 19.2 Å². The first-order chi connectivity index (χ1) is 16.3. The highest BCUT2D eigenvalue weighted by Crippen LogP contribution is 2.29. The number of anilines is 2. The average molecular weight is 483 g/mol. The highest BCUT2D eigenvalue weighted by molar-refractivity contribution is 7.20. The fraction of sp³-hybridized carbons (Fsp3) is 0.375. The van der Waals surface area contributed by atoms with Gasteiger partial charge in [0.25, 0.3) is 5.56 Å². The third-order valence-corrected chi connectivity index (χ3v) is 6.91. The van der Waals surface area contributed by atoms with Crippen LogP contribution in [0, 0.1) is 6.92 Å². The molecule has 0 atom stereocenters. The summed E-state index contributed by atoms with van der Waals surface area (Å²) in [6, 6.07) is 6.64. The Morgan fingerprint density at radius 2 is 1.74 bits per heavy atom. The molecule has 10 heteroatoms. The summed E-state index contributed by atoms with van der Waals surface area (Å²) in [5, 5.41) is 5.70. The number of hydrogen-bond acceptors (Lipinski definition) is 7. The van der Waals surface area contributed by atoms with Crippen molar-refractivity contribution in [3.05, 3.63) is 51.4 Å². The predicted octanol–water partition coefficient (Wildman–Crippen LogP) is 3.85. The fourth-order valence-corrected chi connectivity index (χ4v) is 5.07. The molecule has 0 radical (unpaired) electrons. The van der Waals surface area contributed by atoms with E-state index >= 15 is 0 Å². The second-order valence-electron chi connectivity index (χ2n) is 8.39. The molecule has 3 aromatic rings. The molecule has 0 bridgehead atoms. The number of amides is 2. The quantitative estimate of drug-likeness (QED) is 0.515. The van der Waals surface area contributed by atoms with Crippen LogP contribution in [0.1, 0.15) is 54.3 Å². The van der Waals surface area contributed by atoms with Crippen molar-refractivity contribution in [2.24, 2.45) is 0 Å². The maximum Gasteiger partial charge on any atom is 0.348 e. The van der Waals surface area contributed by atoms with Gasteiger partial charge >= 0.3 is 5.97 Å². The van der Waals surface area contributed by atoms with E-state index in [2.05, 4.69) is 15.6 Å². The van der Waals surface area contributed by atoms with E-state index in [0.29, 0.717) is 32.0 Å². The lowest BCUT2D eigenvalue weighted by molar-refractivity contribution is -0.117. The highest BCUT2D eigenvalue weighted by Gasteiger charge is 2.24. The monoisotopic (exact) mass is 482 g/mol. The Morgan fingerprint density at radius 3 is 2.38 bits per heavy atom. The molecule has 1 fully saturated rings. The predicted molar refractivity (Wildman–Crippen MR) is 130 cm³/mol. The normalized spacial score (nSPS) is 14.1. The molecule has 2 amide bonds. The largest absolute Gasteiger partial charge is 0.458 e. The van der Waals surface area contributed by atoms with Crippen molar-refractivity contribution in [2.75, 3.05) is 10.6 Å². The Labute approximate surface area is 200 Å². The van der Waals surface area contributed by atoms with Gasteiger partial charge in [-0.1, -0.05) is 6.42 Å². The van der Waals surface area contributed by atoms with E-state index in [1.54, 1.807) is 31.2 Å². The molecule has 2 aromatic heterocycles. The first-order valence-corrected chi connectivity index (χ1v) is 12.0. The van der Waals surface area contributed by atoms with Crippen LogP contribution < -0.4 is 16.2 Å². The standard InChI is InChI=1S/C24H26N4O5S/c1-14-20-22(34-21(14)24(32)33-18-6-4-3-5-7-18)25-13-28(23(20)31)12-19(30)27-17-10-8-16(9-11-17)26-15(2)29/h8-11,13,18H,3-7,12H2,1-2H3,(H,26,29)(H,27,30). The summed E-state index contributed by atoms with van der Waals surface area (Å²) in [7, 11) is 0. The van der Waals surface area contributed by atoms with E-state index in [1.165, 1.54) is 17.8 Å². The lowest BCUT2D eigenvalue weighted by atomic mass is 9.98. The van der Waals surface area contributed by atoms with Gasteiger partial charge in [0, 0.05) is 18.3 Å². The Morgan fingerprint density at radius 1 is 1.09 bits per heavy atom. The molecular formula is C24H26N4O5S. The maximum absolute atomic E-state index is 13.1. The molecular weight excluding hydrogens is 456 g/mol. The van der Waals surface area contributed by atoms with Gasteiger partial charge in [-0.25, -0.2) is 9.78 Å². The third kappa shape index (κ3) is 5.33. The Kier molecular flexibility index (Phi) is 7.06. The van der Waals surface area contributed by atoms with Gasteiger partial charge in [0.1, 0.15) is 22.4 Å². The van der Waals surface area contributed by atoms with Crippen molar-refractivity contribution in [3.8, 4) is 0 Å². The Balaban J connectivity index is 1.48. The summed E-state index contributed by atoms with van der Waals surface area (Å²) in [6.07, 6.45) is 6.24. The summed E-state index contributed by atoms with van der Waals surface area (Å²) in [6.45, 7) is 2.89. The summed E-state index contributed by atoms with van der Waals surface area (Å²) < 4.78 is 6.89. The number of benzene rings is 1. The zero-order valence-electron chi connectivity index (χ0n) is 19.1. The number of rotatable bonds is 6. The fourth-order valence-electron chi connectivity index (χ4n) is 4.05. The number of thiophene rings is 1. The number of fused-ring (bicyclic) bond motifs is 1. The van der Waals surface area contributed by atoms with Crippen LogP contribution in [0.2, 0.25) is 0 Å². The molecule has 34 heavy (non-hydrogen) atoms. The van der Waals surface area contributed by atoms with E-state index in [0.717, 1.165) is 43.4 Å². The number of nitrogens with one attached hydrogen (secondary N) is 2. The minimum absolute atomic E-state index is 0.0773. The molecule has 0 unspecified atom stereocenters. The van der Waals surface area contributed by atoms with Crippen LogP contribution in [-0.4, -0.2) is 33.4 Å². The molecule has 178 valence electrons. The minimum Gasteiger partial charge on any atom is -0.458 e. The van der Waals surface area contributed by atoms with Gasteiger partial charge in [0.15, 0.2) is 0 Å². The van der Waals surface area contributed by atoms with Crippen LogP contribution in [0.3, 0.4) is 0 Å². The summed E-state index contributed by atoms with van der Waals surface area (Å²) >= 11 is 1.14. The second-order valence-corrected chi connectivity index (χ2v) is 9.39. The zero-order valence-corrected chi connectivity index (χ0v) is 19.9. The van der Waals surface area contributed by atoms with Gasteiger partial charge in [-0.3, -0.25) is 19.0 Å². The average Bonchev–Trinajstić information content (AvgIpc) is 3.14. The van der Waals surface area contributed by atoms with Crippen molar-refractivity contribution in [1.82, 2.24) is 9.55 Å². The smallest absolute Gasteiger partial charge is 0.348 e. The van der Waals surface area contributed by atoms with Crippen LogP contribution in [0.15, 0.2) is 35.4 Å². The molecule has 9 nitrogen and oxygen atoms in total. The number of hydrogen-bond donors (Lipinski definition) is 2. The molecule has 4 rings (SSSR count). The van der Waals surface area contributed by atoms with Crippen LogP contribution in [0.4, 0.5) is 11.4 Å². The van der Waals surface area contributed by atoms with E-state index in [4.69, 9.17) is 4.74 Å². The van der Waals surface area contributed by atoms with Gasteiger partial charge < -0.3 is 15.4 Å². The SMILES string of the molecule is CC(=O)Nc1ccc(NC(=O)Cn2cnc3sc(C(=O)OC4CCCCC4)c(C)c3c2=O)cc1. The number of aromatic nitrogens is 2. The van der Waals surface area contributed by atoms with Gasteiger partial charge in [0.2, 0.25) is 11.8 Å². The van der Waals surface area contributed by atoms with Gasteiger partial charge in [-0.15, -0.1) is 11.3 Å². The van der Waals surface area contributed by atoms with Crippen molar-refractivity contribution in [2.45, 2.75) is 58.6 Å². The molecule has 0 aliphatic heterocycles. The van der Waals surface area contributed by atoms with Crippen molar-refractivity contribution < 1.29 is 19.1 Å². The van der Waals surface area contributed by atoms with Crippen LogP contribution in [-0.2, 0) is 20.9 Å². The van der Waals surface area contributed by atoms with Gasteiger partial charge in [-0.2, -0.15) is 0 Å². The van der Waals surface area contributed by atoms with Crippen LogP contribution >= 0.6 is 11.3 Å². The zero-order chi connectivity index (χ0) is 24.2. The first-order valence-electron chi connectivity index (χ1n) is 11.2. The van der Waals surface area contributed by atoms with E-state index in [1.807, 2.05) is 0 Å². The molecule has 1 aliphatic rings. The summed E-state index contributed by atoms with van der Waals surface area (Å²) in [5.41, 5.74) is 1.29. The van der Waals surface area contributed by atoms with Crippen LogP contribution in [0.5, 0.6) is 0 Å². The Hall–Kier alpha value is -3.53. The first kappa shape index (κ1) is 23.6. The molecule has 2 N–H and O–H groups in total. The lowest BCUT2D eigenvalue weighted by Crippen LogP contribution is -2.28. The number of esters is 1. The highest BCUT2D eigenvalue weighted by atomic mass is 32.1. The van der Waals surface area contributed by atoms with Gasteiger partial charge in [-0.05, 0) is 62.4 Å². The number of ether oxygens (including phenoxy) is 1. The lowest BCUT2D eigenvalue weighted by Gasteiger charge is -2.21. The molecule has 0 spiro atoms. The number of nitrogens with zero attached hydrogens (tertiary/aromatic N) is 2. The van der Waals surface area contributed by atoms with Crippen molar-refractivity contribution in [3.63, 3.8) is 0 Å². The topological polar surface area (TPSA) is 119 Å². The molecule has 0 saturated heterocycles. The molecule has 1 saturated carbocycles. The summed E-state index contributed by atoms with van der Waals surface area (Å²) in [4.78, 5) is 54.6.